The van der Waals surface area contributed by atoms with Crippen molar-refractivity contribution in [2.75, 3.05) is 11.4 Å². The molecule has 0 spiro atoms. The lowest BCUT2D eigenvalue weighted by Gasteiger charge is -2.31. The van der Waals surface area contributed by atoms with E-state index in [2.05, 4.69) is 4.90 Å². The molecule has 1 aliphatic rings. The van der Waals surface area contributed by atoms with Crippen LogP contribution >= 0.6 is 0 Å². The highest BCUT2D eigenvalue weighted by atomic mass is 16.4. The summed E-state index contributed by atoms with van der Waals surface area (Å²) in [7, 11) is 0. The van der Waals surface area contributed by atoms with Gasteiger partial charge in [-0.1, -0.05) is 48.5 Å². The van der Waals surface area contributed by atoms with Crippen LogP contribution in [0.3, 0.4) is 0 Å². The number of carbonyl (C=O) groups is 3. The summed E-state index contributed by atoms with van der Waals surface area (Å²) < 4.78 is 0. The number of para-hydroxylation sites is 2. The van der Waals surface area contributed by atoms with E-state index in [-0.39, 0.29) is 19.4 Å². The molecule has 0 bridgehead atoms. The van der Waals surface area contributed by atoms with Gasteiger partial charge in [-0.3, -0.25) is 19.3 Å². The largest absolute Gasteiger partial charge is 0.481 e. The molecule has 0 aromatic heterocycles. The summed E-state index contributed by atoms with van der Waals surface area (Å²) >= 11 is 0. The predicted molar refractivity (Wildman–Crippen MR) is 131 cm³/mol. The fourth-order valence-corrected chi connectivity index (χ4v) is 4.50. The van der Waals surface area contributed by atoms with Gasteiger partial charge in [-0.2, -0.15) is 0 Å². The third kappa shape index (κ3) is 3.69. The Morgan fingerprint density at radius 1 is 0.735 bits per heavy atom. The topological polar surface area (TPSA) is 77.9 Å². The van der Waals surface area contributed by atoms with Crippen molar-refractivity contribution in [1.82, 2.24) is 4.90 Å². The molecule has 0 radical (unpaired) electrons. The van der Waals surface area contributed by atoms with Gasteiger partial charge in [-0.15, -0.1) is 0 Å². The minimum Gasteiger partial charge on any atom is -0.481 e. The number of carboxylic acids is 1. The van der Waals surface area contributed by atoms with E-state index in [1.54, 1.807) is 12.1 Å². The Bertz CT molecular complexity index is 1340. The molecule has 1 aliphatic heterocycles. The smallest absolute Gasteiger partial charge is 0.303 e. The lowest BCUT2D eigenvalue weighted by molar-refractivity contribution is -0.137. The molecule has 4 aromatic carbocycles. The van der Waals surface area contributed by atoms with Gasteiger partial charge in [0.05, 0.1) is 5.69 Å². The highest BCUT2D eigenvalue weighted by Gasteiger charge is 2.33. The van der Waals surface area contributed by atoms with Crippen molar-refractivity contribution < 1.29 is 19.5 Å². The van der Waals surface area contributed by atoms with Crippen LogP contribution in [0.15, 0.2) is 91.0 Å². The molecule has 0 unspecified atom stereocenters. The van der Waals surface area contributed by atoms with Gasteiger partial charge in [0, 0.05) is 46.2 Å². The number of carbonyl (C=O) groups excluding carboxylic acids is 2. The average Bonchev–Trinajstić information content (AvgIpc) is 2.86. The minimum absolute atomic E-state index is 0.0711. The van der Waals surface area contributed by atoms with Crippen LogP contribution in [0.2, 0.25) is 0 Å². The van der Waals surface area contributed by atoms with Gasteiger partial charge in [-0.25, -0.2) is 0 Å². The predicted octanol–water partition coefficient (Wildman–Crippen LogP) is 5.77. The molecule has 5 rings (SSSR count). The van der Waals surface area contributed by atoms with Crippen molar-refractivity contribution in [3.63, 3.8) is 0 Å². The molecule has 1 N–H and O–H groups in total. The van der Waals surface area contributed by atoms with E-state index >= 15 is 0 Å². The lowest BCUT2D eigenvalue weighted by Crippen LogP contribution is -2.41. The summed E-state index contributed by atoms with van der Waals surface area (Å²) in [6, 6.07) is 29.0. The zero-order valence-corrected chi connectivity index (χ0v) is 18.3. The minimum atomic E-state index is -0.953. The molecule has 34 heavy (non-hydrogen) atoms. The molecule has 0 fully saturated rings. The fraction of sp³-hybridized carbons (Fsp3) is 0.107. The highest BCUT2D eigenvalue weighted by Crippen LogP contribution is 2.42. The van der Waals surface area contributed by atoms with Crippen LogP contribution in [0, 0.1) is 0 Å². The molecule has 0 atom stereocenters. The molecular formula is C28H22N2O4. The number of imide groups is 1. The Kier molecular flexibility index (Phi) is 5.55. The third-order valence-electron chi connectivity index (χ3n) is 6.01. The Morgan fingerprint density at radius 2 is 1.32 bits per heavy atom. The summed E-state index contributed by atoms with van der Waals surface area (Å²) in [5.74, 6) is -1.74. The molecule has 0 saturated carbocycles. The molecule has 4 aromatic rings. The Labute approximate surface area is 196 Å². The monoisotopic (exact) mass is 450 g/mol. The second-order valence-electron chi connectivity index (χ2n) is 8.13. The summed E-state index contributed by atoms with van der Waals surface area (Å²) in [6.07, 6.45) is 0.113. The van der Waals surface area contributed by atoms with Crippen LogP contribution in [0.25, 0.3) is 10.8 Å². The maximum atomic E-state index is 13.3. The third-order valence-corrected chi connectivity index (χ3v) is 6.01. The van der Waals surface area contributed by atoms with Gasteiger partial charge >= 0.3 is 5.97 Å². The normalized spacial score (nSPS) is 12.8. The molecule has 6 heteroatoms. The number of benzene rings is 4. The van der Waals surface area contributed by atoms with E-state index in [1.165, 1.54) is 0 Å². The van der Waals surface area contributed by atoms with Gasteiger partial charge in [-0.05, 0) is 48.9 Å². The first-order valence-electron chi connectivity index (χ1n) is 11.1. The van der Waals surface area contributed by atoms with Gasteiger partial charge < -0.3 is 10.0 Å². The maximum Gasteiger partial charge on any atom is 0.303 e. The molecule has 1 heterocycles. The van der Waals surface area contributed by atoms with E-state index < -0.39 is 17.8 Å². The number of hydrogen-bond donors (Lipinski definition) is 1. The van der Waals surface area contributed by atoms with E-state index in [4.69, 9.17) is 5.11 Å². The molecule has 0 aliphatic carbocycles. The quantitative estimate of drug-likeness (QED) is 0.362. The Balaban J connectivity index is 1.66. The SMILES string of the molecule is O=C(O)CCCN1C(=O)c2cccc3c(N(c4ccccc4)c4ccccc4)ccc(c23)C1=O. The van der Waals surface area contributed by atoms with Crippen molar-refractivity contribution in [2.24, 2.45) is 0 Å². The number of rotatable bonds is 7. The number of aliphatic carboxylic acids is 1. The van der Waals surface area contributed by atoms with Crippen molar-refractivity contribution in [1.29, 1.82) is 0 Å². The van der Waals surface area contributed by atoms with Crippen molar-refractivity contribution >= 4 is 45.6 Å². The van der Waals surface area contributed by atoms with E-state index in [0.717, 1.165) is 27.3 Å². The van der Waals surface area contributed by atoms with Crippen LogP contribution in [0.5, 0.6) is 0 Å². The molecule has 168 valence electrons. The van der Waals surface area contributed by atoms with Gasteiger partial charge in [0.25, 0.3) is 11.8 Å². The number of nitrogens with zero attached hydrogens (tertiary/aromatic N) is 2. The van der Waals surface area contributed by atoms with Crippen molar-refractivity contribution in [3.8, 4) is 0 Å². The van der Waals surface area contributed by atoms with Crippen LogP contribution < -0.4 is 4.90 Å². The first-order valence-corrected chi connectivity index (χ1v) is 11.1. The standard InChI is InChI=1S/C28H22N2O4/c31-25(32)15-8-18-29-27(33)22-14-7-13-21-24(17-16-23(26(21)22)28(29)34)30(19-9-3-1-4-10-19)20-11-5-2-6-12-20/h1-7,9-14,16-17H,8,15,18H2,(H,31,32). The second-order valence-corrected chi connectivity index (χ2v) is 8.13. The molecular weight excluding hydrogens is 428 g/mol. The first kappa shape index (κ1) is 21.4. The number of hydrogen-bond acceptors (Lipinski definition) is 4. The molecule has 0 saturated heterocycles. The summed E-state index contributed by atoms with van der Waals surface area (Å²) in [5, 5.41) is 10.4. The molecule has 6 nitrogen and oxygen atoms in total. The number of carboxylic acid groups (broad SMARTS) is 1. The van der Waals surface area contributed by atoms with Crippen LogP contribution in [0.4, 0.5) is 17.1 Å². The second kappa shape index (κ2) is 8.83. The Morgan fingerprint density at radius 3 is 1.91 bits per heavy atom. The zero-order chi connectivity index (χ0) is 23.7. The zero-order valence-electron chi connectivity index (χ0n) is 18.3. The maximum absolute atomic E-state index is 13.3. The fourth-order valence-electron chi connectivity index (χ4n) is 4.50. The Hall–Kier alpha value is -4.45. The van der Waals surface area contributed by atoms with Crippen LogP contribution in [-0.4, -0.2) is 34.3 Å². The molecule has 2 amide bonds. The van der Waals surface area contributed by atoms with Crippen molar-refractivity contribution in [3.05, 3.63) is 102 Å². The van der Waals surface area contributed by atoms with E-state index in [0.29, 0.717) is 16.5 Å². The first-order chi connectivity index (χ1) is 16.6. The van der Waals surface area contributed by atoms with Gasteiger partial charge in [0.2, 0.25) is 0 Å². The van der Waals surface area contributed by atoms with E-state index in [9.17, 15) is 14.4 Å². The van der Waals surface area contributed by atoms with Gasteiger partial charge in [0.15, 0.2) is 0 Å². The lowest BCUT2D eigenvalue weighted by atomic mass is 9.92. The summed E-state index contributed by atoms with van der Waals surface area (Å²) in [5.41, 5.74) is 3.67. The van der Waals surface area contributed by atoms with Gasteiger partial charge in [0.1, 0.15) is 0 Å². The van der Waals surface area contributed by atoms with E-state index in [1.807, 2.05) is 78.9 Å². The highest BCUT2D eigenvalue weighted by molar-refractivity contribution is 6.27. The van der Waals surface area contributed by atoms with Crippen molar-refractivity contribution in [2.45, 2.75) is 12.8 Å². The summed E-state index contributed by atoms with van der Waals surface area (Å²) in [6.45, 7) is 0.0711. The van der Waals surface area contributed by atoms with Crippen LogP contribution in [0.1, 0.15) is 33.6 Å². The van der Waals surface area contributed by atoms with Crippen LogP contribution in [-0.2, 0) is 4.79 Å². The number of amides is 2. The average molecular weight is 450 g/mol. The number of anilines is 3. The summed E-state index contributed by atoms with van der Waals surface area (Å²) in [4.78, 5) is 40.7.